The summed E-state index contributed by atoms with van der Waals surface area (Å²) < 4.78 is 0. The van der Waals surface area contributed by atoms with Gasteiger partial charge < -0.3 is 10.6 Å². The fraction of sp³-hybridized carbons (Fsp3) is 0.800. The van der Waals surface area contributed by atoms with Gasteiger partial charge in [0.15, 0.2) is 0 Å². The Morgan fingerprint density at radius 2 is 1.90 bits per heavy atom. The highest BCUT2D eigenvalue weighted by Gasteiger charge is 2.40. The van der Waals surface area contributed by atoms with Gasteiger partial charge in [-0.2, -0.15) is 0 Å². The van der Waals surface area contributed by atoms with E-state index in [0.717, 1.165) is 12.8 Å². The van der Waals surface area contributed by atoms with Gasteiger partial charge in [0.2, 0.25) is 17.7 Å². The van der Waals surface area contributed by atoms with Gasteiger partial charge in [0, 0.05) is 25.0 Å². The number of likely N-dealkylation sites (tertiary alicyclic amines) is 1. The minimum absolute atomic E-state index is 0.0129. The second kappa shape index (κ2) is 8.12. The van der Waals surface area contributed by atoms with Crippen LogP contribution in [0.25, 0.3) is 0 Å². The van der Waals surface area contributed by atoms with Crippen molar-refractivity contribution in [2.24, 2.45) is 0 Å². The molecule has 0 bridgehead atoms. The molecule has 1 atom stereocenters. The molecular weight excluding hydrogens is 270 g/mol. The van der Waals surface area contributed by atoms with Crippen molar-refractivity contribution in [2.45, 2.75) is 71.5 Å². The fourth-order valence-electron chi connectivity index (χ4n) is 2.60. The summed E-state index contributed by atoms with van der Waals surface area (Å²) in [5, 5.41) is 5.82. The Balaban J connectivity index is 2.46. The molecule has 6 nitrogen and oxygen atoms in total. The number of hydrogen-bond acceptors (Lipinski definition) is 4. The Bertz CT molecular complexity index is 392. The summed E-state index contributed by atoms with van der Waals surface area (Å²) in [6, 6.07) is -0.386. The van der Waals surface area contributed by atoms with Gasteiger partial charge in [-0.05, 0) is 26.7 Å². The molecule has 0 aromatic heterocycles. The van der Waals surface area contributed by atoms with Crippen LogP contribution in [-0.2, 0) is 14.4 Å². The predicted octanol–water partition coefficient (Wildman–Crippen LogP) is 0.807. The predicted molar refractivity (Wildman–Crippen MR) is 80.5 cm³/mol. The third-order valence-corrected chi connectivity index (χ3v) is 3.68. The zero-order chi connectivity index (χ0) is 16.0. The molecule has 1 heterocycles. The average molecular weight is 297 g/mol. The Morgan fingerprint density at radius 1 is 1.29 bits per heavy atom. The van der Waals surface area contributed by atoms with Gasteiger partial charge in [-0.15, -0.1) is 0 Å². The topological polar surface area (TPSA) is 78.5 Å². The van der Waals surface area contributed by atoms with Crippen LogP contribution in [-0.4, -0.2) is 47.3 Å². The Labute approximate surface area is 126 Å². The molecule has 3 amide bonds. The second-order valence-electron chi connectivity index (χ2n) is 5.76. The number of amides is 3. The van der Waals surface area contributed by atoms with E-state index >= 15 is 0 Å². The van der Waals surface area contributed by atoms with Crippen LogP contribution in [0.5, 0.6) is 0 Å². The first-order chi connectivity index (χ1) is 9.90. The van der Waals surface area contributed by atoms with Crippen molar-refractivity contribution in [3.05, 3.63) is 0 Å². The van der Waals surface area contributed by atoms with E-state index in [9.17, 15) is 14.4 Å². The van der Waals surface area contributed by atoms with Crippen LogP contribution < -0.4 is 10.6 Å². The molecule has 1 aliphatic rings. The number of nitrogens with one attached hydrogen (secondary N) is 2. The van der Waals surface area contributed by atoms with Crippen LogP contribution in [0.2, 0.25) is 0 Å². The lowest BCUT2D eigenvalue weighted by atomic mass is 10.1. The molecule has 21 heavy (non-hydrogen) atoms. The molecule has 2 N–H and O–H groups in total. The highest BCUT2D eigenvalue weighted by atomic mass is 16.2. The van der Waals surface area contributed by atoms with E-state index < -0.39 is 6.04 Å². The molecule has 1 saturated heterocycles. The van der Waals surface area contributed by atoms with Crippen LogP contribution >= 0.6 is 0 Å². The largest absolute Gasteiger partial charge is 0.354 e. The summed E-state index contributed by atoms with van der Waals surface area (Å²) >= 11 is 0. The smallest absolute Gasteiger partial charge is 0.247 e. The van der Waals surface area contributed by atoms with Gasteiger partial charge in [-0.3, -0.25) is 19.3 Å². The lowest BCUT2D eigenvalue weighted by Crippen LogP contribution is -2.44. The van der Waals surface area contributed by atoms with Crippen LogP contribution in [0, 0.1) is 0 Å². The van der Waals surface area contributed by atoms with E-state index in [2.05, 4.69) is 10.6 Å². The van der Waals surface area contributed by atoms with E-state index in [1.165, 1.54) is 4.90 Å². The first-order valence-electron chi connectivity index (χ1n) is 7.79. The third kappa shape index (κ3) is 4.81. The van der Waals surface area contributed by atoms with E-state index in [1.54, 1.807) is 0 Å². The number of carbonyl (C=O) groups excluding carboxylic acids is 3. The molecule has 0 aliphatic carbocycles. The lowest BCUT2D eigenvalue weighted by molar-refractivity contribution is -0.141. The second-order valence-corrected chi connectivity index (χ2v) is 5.76. The van der Waals surface area contributed by atoms with E-state index in [4.69, 9.17) is 0 Å². The molecule has 6 heteroatoms. The lowest BCUT2D eigenvalue weighted by Gasteiger charge is -2.24. The minimum Gasteiger partial charge on any atom is -0.354 e. The van der Waals surface area contributed by atoms with Gasteiger partial charge >= 0.3 is 0 Å². The Kier molecular flexibility index (Phi) is 6.81. The Hall–Kier alpha value is -1.43. The molecule has 1 rings (SSSR count). The van der Waals surface area contributed by atoms with Crippen LogP contribution in [0.15, 0.2) is 0 Å². The van der Waals surface area contributed by atoms with Crippen molar-refractivity contribution in [1.82, 2.24) is 15.5 Å². The van der Waals surface area contributed by atoms with Gasteiger partial charge in [0.1, 0.15) is 0 Å². The van der Waals surface area contributed by atoms with Gasteiger partial charge in [-0.1, -0.05) is 13.8 Å². The number of nitrogens with zero attached hydrogens (tertiary/aromatic N) is 1. The van der Waals surface area contributed by atoms with E-state index in [1.807, 2.05) is 27.7 Å². The molecule has 0 aromatic rings. The molecule has 1 fully saturated rings. The molecule has 1 aliphatic heterocycles. The van der Waals surface area contributed by atoms with Crippen LogP contribution in [0.4, 0.5) is 0 Å². The van der Waals surface area contributed by atoms with Crippen molar-refractivity contribution in [1.29, 1.82) is 0 Å². The fourth-order valence-corrected chi connectivity index (χ4v) is 2.60. The molecule has 0 aromatic carbocycles. The van der Waals surface area contributed by atoms with Crippen molar-refractivity contribution in [3.63, 3.8) is 0 Å². The zero-order valence-corrected chi connectivity index (χ0v) is 13.4. The standard InChI is InChI=1S/C15H27N3O3/c1-5-11(6-2)18-14(20)9-12(15(18)21)16-8-7-13(19)17-10(3)4/h10-12,16H,5-9H2,1-4H3,(H,17,19). The first kappa shape index (κ1) is 17.6. The molecule has 0 spiro atoms. The summed E-state index contributed by atoms with van der Waals surface area (Å²) in [4.78, 5) is 37.2. The van der Waals surface area contributed by atoms with Gasteiger partial charge in [-0.25, -0.2) is 0 Å². The Morgan fingerprint density at radius 3 is 2.43 bits per heavy atom. The maximum Gasteiger partial charge on any atom is 0.247 e. The van der Waals surface area contributed by atoms with E-state index in [0.29, 0.717) is 13.0 Å². The summed E-state index contributed by atoms with van der Waals surface area (Å²) in [6.07, 6.45) is 2.05. The summed E-state index contributed by atoms with van der Waals surface area (Å²) in [5.41, 5.74) is 0. The quantitative estimate of drug-likeness (QED) is 0.650. The molecule has 0 saturated carbocycles. The molecule has 120 valence electrons. The summed E-state index contributed by atoms with van der Waals surface area (Å²) in [5.74, 6) is -0.318. The SMILES string of the molecule is CCC(CC)N1C(=O)CC(NCCC(=O)NC(C)C)C1=O. The molecule has 1 unspecified atom stereocenters. The van der Waals surface area contributed by atoms with Crippen molar-refractivity contribution in [3.8, 4) is 0 Å². The van der Waals surface area contributed by atoms with E-state index in [-0.39, 0.29) is 36.2 Å². The average Bonchev–Trinajstić information content (AvgIpc) is 2.67. The van der Waals surface area contributed by atoms with Crippen molar-refractivity contribution >= 4 is 17.7 Å². The maximum atomic E-state index is 12.3. The number of hydrogen-bond donors (Lipinski definition) is 2. The number of imide groups is 1. The van der Waals surface area contributed by atoms with Gasteiger partial charge in [0.05, 0.1) is 12.5 Å². The summed E-state index contributed by atoms with van der Waals surface area (Å²) in [6.45, 7) is 8.16. The monoisotopic (exact) mass is 297 g/mol. The zero-order valence-electron chi connectivity index (χ0n) is 13.4. The molecule has 0 radical (unpaired) electrons. The number of rotatable bonds is 8. The molecular formula is C15H27N3O3. The highest BCUT2D eigenvalue weighted by molar-refractivity contribution is 6.05. The van der Waals surface area contributed by atoms with Crippen LogP contribution in [0.3, 0.4) is 0 Å². The van der Waals surface area contributed by atoms with Crippen LogP contribution in [0.1, 0.15) is 53.4 Å². The first-order valence-corrected chi connectivity index (χ1v) is 7.79. The normalized spacial score (nSPS) is 19.0. The maximum absolute atomic E-state index is 12.3. The summed E-state index contributed by atoms with van der Waals surface area (Å²) in [7, 11) is 0. The number of carbonyl (C=O) groups is 3. The highest BCUT2D eigenvalue weighted by Crippen LogP contribution is 2.20. The van der Waals surface area contributed by atoms with Crippen molar-refractivity contribution < 1.29 is 14.4 Å². The van der Waals surface area contributed by atoms with Crippen molar-refractivity contribution in [2.75, 3.05) is 6.54 Å². The third-order valence-electron chi connectivity index (χ3n) is 3.68. The van der Waals surface area contributed by atoms with Gasteiger partial charge in [0.25, 0.3) is 0 Å². The minimum atomic E-state index is -0.482.